The maximum Gasteiger partial charge on any atom is 0.412 e. The van der Waals surface area contributed by atoms with E-state index in [9.17, 15) is 9.59 Å². The Bertz CT molecular complexity index is 576. The van der Waals surface area contributed by atoms with E-state index in [-0.39, 0.29) is 0 Å². The van der Waals surface area contributed by atoms with Gasteiger partial charge in [0, 0.05) is 0 Å². The number of esters is 1. The first-order valence-electron chi connectivity index (χ1n) is 11.1. The van der Waals surface area contributed by atoms with Gasteiger partial charge in [0.2, 0.25) is 0 Å². The number of carbonyl (C=O) groups is 2. The first-order valence-corrected chi connectivity index (χ1v) is 11.1. The Morgan fingerprint density at radius 1 is 0.857 bits per heavy atom. The second-order valence-electron chi connectivity index (χ2n) is 7.99. The van der Waals surface area contributed by atoms with E-state index < -0.39 is 12.1 Å². The molecule has 0 spiro atoms. The lowest BCUT2D eigenvalue weighted by molar-refractivity contribution is 0.0638. The molecule has 0 aliphatic rings. The minimum Gasteiger partial charge on any atom is -0.373 e. The summed E-state index contributed by atoms with van der Waals surface area (Å²) in [4.78, 5) is 23.3. The smallest absolute Gasteiger partial charge is 0.373 e. The van der Waals surface area contributed by atoms with Crippen LogP contribution in [0.1, 0.15) is 101 Å². The van der Waals surface area contributed by atoms with Gasteiger partial charge in [-0.15, -0.1) is 0 Å². The van der Waals surface area contributed by atoms with Crippen LogP contribution in [0.25, 0.3) is 0 Å². The highest BCUT2D eigenvalue weighted by molar-refractivity contribution is 5.96. The molecule has 1 amide bonds. The molecule has 0 saturated carbocycles. The summed E-state index contributed by atoms with van der Waals surface area (Å²) in [6.45, 7) is 8.88. The van der Waals surface area contributed by atoms with Crippen LogP contribution in [0.4, 0.5) is 4.79 Å². The molecule has 0 heterocycles. The van der Waals surface area contributed by atoms with Crippen molar-refractivity contribution in [3.05, 3.63) is 34.9 Å². The van der Waals surface area contributed by atoms with Gasteiger partial charge < -0.3 is 10.5 Å². The van der Waals surface area contributed by atoms with E-state index in [1.54, 1.807) is 0 Å². The van der Waals surface area contributed by atoms with Crippen molar-refractivity contribution in [3.63, 3.8) is 0 Å². The van der Waals surface area contributed by atoms with Gasteiger partial charge >= 0.3 is 12.1 Å². The number of primary amides is 1. The second kappa shape index (κ2) is 13.4. The molecule has 0 aliphatic carbocycles. The largest absolute Gasteiger partial charge is 0.412 e. The van der Waals surface area contributed by atoms with Gasteiger partial charge in [0.15, 0.2) is 0 Å². The molecule has 1 rings (SSSR count). The van der Waals surface area contributed by atoms with Crippen LogP contribution in [0, 0.1) is 11.8 Å². The second-order valence-corrected chi connectivity index (χ2v) is 7.99. The van der Waals surface area contributed by atoms with Crippen molar-refractivity contribution in [2.45, 2.75) is 91.9 Å². The van der Waals surface area contributed by atoms with Crippen molar-refractivity contribution in [2.24, 2.45) is 17.6 Å². The minimum atomic E-state index is -1.05. The van der Waals surface area contributed by atoms with Crippen LogP contribution in [0.3, 0.4) is 0 Å². The number of nitrogens with two attached hydrogens (primary N) is 1. The number of carbonyl (C=O) groups excluding carboxylic acids is 2. The number of benzene rings is 1. The molecular formula is C24H39NO3. The zero-order valence-corrected chi connectivity index (χ0v) is 18.3. The highest BCUT2D eigenvalue weighted by Crippen LogP contribution is 2.24. The number of unbranched alkanes of at least 4 members (excludes halogenated alkanes) is 2. The lowest BCUT2D eigenvalue weighted by Gasteiger charge is -2.18. The monoisotopic (exact) mass is 389 g/mol. The van der Waals surface area contributed by atoms with Gasteiger partial charge in [-0.3, -0.25) is 0 Å². The first-order chi connectivity index (χ1) is 13.4. The Balaban J connectivity index is 3.08. The fourth-order valence-corrected chi connectivity index (χ4v) is 3.82. The van der Waals surface area contributed by atoms with E-state index >= 15 is 0 Å². The van der Waals surface area contributed by atoms with Crippen molar-refractivity contribution >= 4 is 12.1 Å². The van der Waals surface area contributed by atoms with Crippen LogP contribution in [0.2, 0.25) is 0 Å². The van der Waals surface area contributed by atoms with Crippen LogP contribution in [0.15, 0.2) is 18.2 Å². The predicted molar refractivity (Wildman–Crippen MR) is 115 cm³/mol. The molecule has 0 bridgehead atoms. The predicted octanol–water partition coefficient (Wildman–Crippen LogP) is 6.44. The van der Waals surface area contributed by atoms with Crippen molar-refractivity contribution in [3.8, 4) is 0 Å². The van der Waals surface area contributed by atoms with Crippen molar-refractivity contribution < 1.29 is 14.3 Å². The number of ether oxygens (including phenoxy) is 1. The van der Waals surface area contributed by atoms with Gasteiger partial charge in [-0.2, -0.15) is 0 Å². The standard InChI is InChI=1S/C24H39NO3/c1-5-9-11-18(7-3)13-20-15-21(14-19(8-4)12-10-6-2)17-22(16-20)23(26)28-24(25)27/h15-19H,5-14H2,1-4H3,(H2,25,27). The van der Waals surface area contributed by atoms with Crippen LogP contribution in [-0.2, 0) is 17.6 Å². The molecule has 0 saturated heterocycles. The van der Waals surface area contributed by atoms with Crippen molar-refractivity contribution in [1.29, 1.82) is 0 Å². The molecule has 4 nitrogen and oxygen atoms in total. The highest BCUT2D eigenvalue weighted by atomic mass is 16.6. The number of hydrogen-bond donors (Lipinski definition) is 1. The molecule has 1 aromatic rings. The van der Waals surface area contributed by atoms with E-state index in [1.807, 2.05) is 12.1 Å². The maximum atomic E-state index is 12.3. The third-order valence-corrected chi connectivity index (χ3v) is 5.62. The molecule has 158 valence electrons. The van der Waals surface area contributed by atoms with Crippen LogP contribution < -0.4 is 5.73 Å². The summed E-state index contributed by atoms with van der Waals surface area (Å²) < 4.78 is 4.64. The third-order valence-electron chi connectivity index (χ3n) is 5.62. The topological polar surface area (TPSA) is 69.4 Å². The Labute approximate surface area is 171 Å². The third kappa shape index (κ3) is 8.90. The normalized spacial score (nSPS) is 13.1. The fraction of sp³-hybridized carbons (Fsp3) is 0.667. The van der Waals surface area contributed by atoms with Crippen molar-refractivity contribution in [2.75, 3.05) is 0 Å². The SMILES string of the molecule is CCCCC(CC)Cc1cc(CC(CC)CCCC)cc(C(=O)OC(N)=O)c1. The molecule has 1 aromatic carbocycles. The zero-order chi connectivity index (χ0) is 20.9. The van der Waals surface area contributed by atoms with E-state index in [0.717, 1.165) is 36.8 Å². The van der Waals surface area contributed by atoms with Gasteiger partial charge in [0.1, 0.15) is 0 Å². The molecule has 2 unspecified atom stereocenters. The molecule has 4 heteroatoms. The summed E-state index contributed by atoms with van der Waals surface area (Å²) in [5.41, 5.74) is 7.78. The summed E-state index contributed by atoms with van der Waals surface area (Å²) in [7, 11) is 0. The van der Waals surface area contributed by atoms with Crippen molar-refractivity contribution in [1.82, 2.24) is 0 Å². The van der Waals surface area contributed by atoms with Gasteiger partial charge in [0.05, 0.1) is 5.56 Å². The average Bonchev–Trinajstić information content (AvgIpc) is 2.67. The summed E-state index contributed by atoms with van der Waals surface area (Å²) in [5.74, 6) is 0.563. The summed E-state index contributed by atoms with van der Waals surface area (Å²) >= 11 is 0. The molecule has 0 fully saturated rings. The molecule has 0 aliphatic heterocycles. The van der Waals surface area contributed by atoms with E-state index in [0.29, 0.717) is 17.4 Å². The summed E-state index contributed by atoms with van der Waals surface area (Å²) in [5, 5.41) is 0. The van der Waals surface area contributed by atoms with Crippen LogP contribution >= 0.6 is 0 Å². The van der Waals surface area contributed by atoms with Gasteiger partial charge in [-0.1, -0.05) is 85.1 Å². The fourth-order valence-electron chi connectivity index (χ4n) is 3.82. The Hall–Kier alpha value is -1.84. The number of rotatable bonds is 13. The number of hydrogen-bond acceptors (Lipinski definition) is 3. The molecule has 28 heavy (non-hydrogen) atoms. The molecular weight excluding hydrogens is 350 g/mol. The van der Waals surface area contributed by atoms with Crippen LogP contribution in [0.5, 0.6) is 0 Å². The maximum absolute atomic E-state index is 12.3. The van der Waals surface area contributed by atoms with Gasteiger partial charge in [-0.25, -0.2) is 9.59 Å². The quantitative estimate of drug-likeness (QED) is 0.312. The highest BCUT2D eigenvalue weighted by Gasteiger charge is 2.16. The number of amides is 1. The summed E-state index contributed by atoms with van der Waals surface area (Å²) in [6, 6.07) is 5.98. The lowest BCUT2D eigenvalue weighted by atomic mass is 9.87. The van der Waals surface area contributed by atoms with Gasteiger partial charge in [-0.05, 0) is 47.9 Å². The van der Waals surface area contributed by atoms with E-state index in [4.69, 9.17) is 5.73 Å². The molecule has 2 N–H and O–H groups in total. The van der Waals surface area contributed by atoms with E-state index in [2.05, 4.69) is 38.5 Å². The Kier molecular flexibility index (Phi) is 11.5. The molecule has 0 radical (unpaired) electrons. The first kappa shape index (κ1) is 24.2. The van der Waals surface area contributed by atoms with Crippen LogP contribution in [-0.4, -0.2) is 12.1 Å². The molecule has 2 atom stereocenters. The lowest BCUT2D eigenvalue weighted by Crippen LogP contribution is -2.19. The zero-order valence-electron chi connectivity index (χ0n) is 18.3. The molecule has 0 aromatic heterocycles. The Morgan fingerprint density at radius 2 is 1.32 bits per heavy atom. The van der Waals surface area contributed by atoms with E-state index in [1.165, 1.54) is 38.5 Å². The van der Waals surface area contributed by atoms with Gasteiger partial charge in [0.25, 0.3) is 0 Å². The summed E-state index contributed by atoms with van der Waals surface area (Å²) in [6.07, 6.45) is 10.3. The minimum absolute atomic E-state index is 0.432. The Morgan fingerprint density at radius 3 is 1.68 bits per heavy atom. The average molecular weight is 390 g/mol.